The summed E-state index contributed by atoms with van der Waals surface area (Å²) in [5.74, 6) is -0.747. The van der Waals surface area contributed by atoms with Gasteiger partial charge in [-0.25, -0.2) is 9.48 Å². The van der Waals surface area contributed by atoms with Crippen LogP contribution in [0, 0.1) is 11.3 Å². The molecule has 1 aromatic heterocycles. The van der Waals surface area contributed by atoms with Gasteiger partial charge in [0.05, 0.1) is 18.9 Å². The summed E-state index contributed by atoms with van der Waals surface area (Å²) in [6.45, 7) is -0.110. The van der Waals surface area contributed by atoms with E-state index in [4.69, 9.17) is 20.8 Å². The maximum Gasteiger partial charge on any atom is 0.358 e. The SMILES string of the molecule is COc1ccc(-c2c(C(=O)O)nnn2CC#N)cc1N. The number of hydrogen-bond acceptors (Lipinski definition) is 6. The molecule has 0 unspecified atom stereocenters. The molecule has 3 N–H and O–H groups in total. The maximum atomic E-state index is 11.2. The van der Waals surface area contributed by atoms with E-state index in [-0.39, 0.29) is 17.9 Å². The fraction of sp³-hybridized carbons (Fsp3) is 0.167. The Bertz CT molecular complexity index is 702. The van der Waals surface area contributed by atoms with E-state index in [2.05, 4.69) is 10.3 Å². The summed E-state index contributed by atoms with van der Waals surface area (Å²) < 4.78 is 6.25. The summed E-state index contributed by atoms with van der Waals surface area (Å²) >= 11 is 0. The molecule has 1 heterocycles. The van der Waals surface area contributed by atoms with Crippen molar-refractivity contribution in [2.45, 2.75) is 6.54 Å². The molecule has 2 aromatic rings. The molecule has 0 atom stereocenters. The third-order valence-electron chi connectivity index (χ3n) is 2.66. The Labute approximate surface area is 114 Å². The molecule has 0 bridgehead atoms. The van der Waals surface area contributed by atoms with Gasteiger partial charge < -0.3 is 15.6 Å². The van der Waals surface area contributed by atoms with E-state index in [9.17, 15) is 4.79 Å². The maximum absolute atomic E-state index is 11.2. The molecule has 1 aromatic carbocycles. The number of hydrogen-bond donors (Lipinski definition) is 2. The Hall–Kier alpha value is -3.08. The molecule has 20 heavy (non-hydrogen) atoms. The second-order valence-corrected chi connectivity index (χ2v) is 3.86. The number of carboxylic acids is 1. The lowest BCUT2D eigenvalue weighted by Gasteiger charge is -2.08. The number of rotatable bonds is 4. The second-order valence-electron chi connectivity index (χ2n) is 3.86. The largest absolute Gasteiger partial charge is 0.495 e. The molecule has 102 valence electrons. The van der Waals surface area contributed by atoms with Gasteiger partial charge in [0, 0.05) is 5.56 Å². The van der Waals surface area contributed by atoms with Crippen LogP contribution in [0.5, 0.6) is 5.75 Å². The van der Waals surface area contributed by atoms with Gasteiger partial charge in [-0.3, -0.25) is 0 Å². The topological polar surface area (TPSA) is 127 Å². The monoisotopic (exact) mass is 273 g/mol. The first-order chi connectivity index (χ1) is 9.58. The smallest absolute Gasteiger partial charge is 0.358 e. The average Bonchev–Trinajstić information content (AvgIpc) is 2.83. The average molecular weight is 273 g/mol. The van der Waals surface area contributed by atoms with Crippen LogP contribution in [-0.2, 0) is 6.54 Å². The van der Waals surface area contributed by atoms with E-state index < -0.39 is 5.97 Å². The summed E-state index contributed by atoms with van der Waals surface area (Å²) in [6.07, 6.45) is 0. The highest BCUT2D eigenvalue weighted by molar-refractivity contribution is 5.93. The van der Waals surface area contributed by atoms with Crippen molar-refractivity contribution < 1.29 is 14.6 Å². The number of ether oxygens (including phenoxy) is 1. The Morgan fingerprint density at radius 2 is 2.35 bits per heavy atom. The van der Waals surface area contributed by atoms with Crippen LogP contribution in [0.25, 0.3) is 11.3 Å². The molecule has 0 saturated carbocycles. The van der Waals surface area contributed by atoms with Crippen LogP contribution in [0.3, 0.4) is 0 Å². The van der Waals surface area contributed by atoms with Crippen molar-refractivity contribution in [2.75, 3.05) is 12.8 Å². The lowest BCUT2D eigenvalue weighted by molar-refractivity contribution is 0.0691. The Morgan fingerprint density at radius 3 is 2.90 bits per heavy atom. The van der Waals surface area contributed by atoms with E-state index in [1.54, 1.807) is 18.2 Å². The molecule has 0 aliphatic carbocycles. The first-order valence-electron chi connectivity index (χ1n) is 5.56. The summed E-state index contributed by atoms with van der Waals surface area (Å²) in [4.78, 5) is 11.2. The second kappa shape index (κ2) is 5.27. The number of nitriles is 1. The summed E-state index contributed by atoms with van der Waals surface area (Å²) in [5.41, 5.74) is 6.65. The molecule has 8 heteroatoms. The highest BCUT2D eigenvalue weighted by atomic mass is 16.5. The molecule has 0 fully saturated rings. The standard InChI is InChI=1S/C12H11N5O3/c1-20-9-3-2-7(6-8(9)14)11-10(12(18)19)15-16-17(11)5-4-13/h2-3,6H,5,14H2,1H3,(H,18,19). The lowest BCUT2D eigenvalue weighted by atomic mass is 10.1. The molecule has 0 spiro atoms. The van der Waals surface area contributed by atoms with Crippen molar-refractivity contribution in [3.63, 3.8) is 0 Å². The number of aromatic carboxylic acids is 1. The number of nitrogens with zero attached hydrogens (tertiary/aromatic N) is 4. The summed E-state index contributed by atoms with van der Waals surface area (Å²) in [6, 6.07) is 6.69. The minimum absolute atomic E-state index is 0.110. The summed E-state index contributed by atoms with van der Waals surface area (Å²) in [5, 5.41) is 25.1. The van der Waals surface area contributed by atoms with Crippen molar-refractivity contribution in [3.05, 3.63) is 23.9 Å². The van der Waals surface area contributed by atoms with Gasteiger partial charge in [0.2, 0.25) is 0 Å². The van der Waals surface area contributed by atoms with E-state index in [0.717, 1.165) is 0 Å². The first-order valence-corrected chi connectivity index (χ1v) is 5.56. The number of nitrogen functional groups attached to an aromatic ring is 1. The van der Waals surface area contributed by atoms with Crippen molar-refractivity contribution >= 4 is 11.7 Å². The van der Waals surface area contributed by atoms with Gasteiger partial charge in [0.25, 0.3) is 0 Å². The van der Waals surface area contributed by atoms with Crippen LogP contribution in [0.2, 0.25) is 0 Å². The Balaban J connectivity index is 2.61. The van der Waals surface area contributed by atoms with E-state index in [0.29, 0.717) is 17.0 Å². The van der Waals surface area contributed by atoms with Gasteiger partial charge in [-0.15, -0.1) is 5.10 Å². The summed E-state index contributed by atoms with van der Waals surface area (Å²) in [7, 11) is 1.48. The lowest BCUT2D eigenvalue weighted by Crippen LogP contribution is -2.04. The van der Waals surface area contributed by atoms with Crippen molar-refractivity contribution in [1.29, 1.82) is 5.26 Å². The van der Waals surface area contributed by atoms with Crippen LogP contribution in [0.4, 0.5) is 5.69 Å². The Morgan fingerprint density at radius 1 is 1.60 bits per heavy atom. The normalized spacial score (nSPS) is 10.0. The zero-order chi connectivity index (χ0) is 14.7. The molecular formula is C12H11N5O3. The number of benzene rings is 1. The highest BCUT2D eigenvalue weighted by Crippen LogP contribution is 2.29. The molecule has 0 amide bonds. The molecule has 0 saturated heterocycles. The number of carbonyl (C=O) groups is 1. The number of carboxylic acid groups (broad SMARTS) is 1. The Kier molecular flexibility index (Phi) is 3.52. The molecule has 0 aliphatic rings. The minimum Gasteiger partial charge on any atom is -0.495 e. The molecule has 0 radical (unpaired) electrons. The van der Waals surface area contributed by atoms with E-state index >= 15 is 0 Å². The zero-order valence-electron chi connectivity index (χ0n) is 10.6. The number of anilines is 1. The zero-order valence-corrected chi connectivity index (χ0v) is 10.6. The number of aromatic nitrogens is 3. The van der Waals surface area contributed by atoms with Crippen molar-refractivity contribution in [1.82, 2.24) is 15.0 Å². The number of methoxy groups -OCH3 is 1. The van der Waals surface area contributed by atoms with Crippen LogP contribution in [0.15, 0.2) is 18.2 Å². The highest BCUT2D eigenvalue weighted by Gasteiger charge is 2.21. The minimum atomic E-state index is -1.22. The fourth-order valence-corrected chi connectivity index (χ4v) is 1.80. The van der Waals surface area contributed by atoms with Gasteiger partial charge in [0.15, 0.2) is 5.69 Å². The van der Waals surface area contributed by atoms with E-state index in [1.807, 2.05) is 6.07 Å². The van der Waals surface area contributed by atoms with Gasteiger partial charge in [0.1, 0.15) is 18.0 Å². The van der Waals surface area contributed by atoms with E-state index in [1.165, 1.54) is 11.8 Å². The van der Waals surface area contributed by atoms with Crippen LogP contribution in [0.1, 0.15) is 10.5 Å². The quantitative estimate of drug-likeness (QED) is 0.787. The van der Waals surface area contributed by atoms with Gasteiger partial charge in [-0.1, -0.05) is 5.21 Å². The third-order valence-corrected chi connectivity index (χ3v) is 2.66. The molecule has 2 rings (SSSR count). The number of nitrogens with two attached hydrogens (primary N) is 1. The van der Waals surface area contributed by atoms with Gasteiger partial charge in [-0.2, -0.15) is 5.26 Å². The van der Waals surface area contributed by atoms with Crippen molar-refractivity contribution in [3.8, 4) is 23.1 Å². The third kappa shape index (κ3) is 2.24. The van der Waals surface area contributed by atoms with Crippen LogP contribution >= 0.6 is 0 Å². The van der Waals surface area contributed by atoms with Crippen molar-refractivity contribution in [2.24, 2.45) is 0 Å². The van der Waals surface area contributed by atoms with Gasteiger partial charge >= 0.3 is 5.97 Å². The predicted molar refractivity (Wildman–Crippen MR) is 69.0 cm³/mol. The van der Waals surface area contributed by atoms with Crippen LogP contribution in [-0.4, -0.2) is 33.2 Å². The predicted octanol–water partition coefficient (Wildman–Crippen LogP) is 0.758. The molecule has 8 nitrogen and oxygen atoms in total. The first kappa shape index (κ1) is 13.4. The fourth-order valence-electron chi connectivity index (χ4n) is 1.80. The molecule has 0 aliphatic heterocycles. The van der Waals surface area contributed by atoms with Crippen LogP contribution < -0.4 is 10.5 Å². The molecular weight excluding hydrogens is 262 g/mol. The van der Waals surface area contributed by atoms with Gasteiger partial charge in [-0.05, 0) is 18.2 Å².